The molecule has 0 N–H and O–H groups in total. The molecule has 0 aliphatic heterocycles. The van der Waals surface area contributed by atoms with Crippen molar-refractivity contribution in [3.8, 4) is 0 Å². The molecule has 0 spiro atoms. The molecule has 0 radical (unpaired) electrons. The fourth-order valence-electron chi connectivity index (χ4n) is 1.31. The van der Waals surface area contributed by atoms with Crippen molar-refractivity contribution in [2.24, 2.45) is 0 Å². The van der Waals surface area contributed by atoms with Crippen molar-refractivity contribution in [3.63, 3.8) is 0 Å². The van der Waals surface area contributed by atoms with E-state index in [9.17, 15) is 4.79 Å². The lowest BCUT2D eigenvalue weighted by Gasteiger charge is -2.01. The Morgan fingerprint density at radius 3 is 2.80 bits per heavy atom. The van der Waals surface area contributed by atoms with Crippen LogP contribution in [-0.2, 0) is 16.0 Å². The van der Waals surface area contributed by atoms with Crippen molar-refractivity contribution in [3.05, 3.63) is 48.6 Å². The van der Waals surface area contributed by atoms with Gasteiger partial charge in [0, 0.05) is 6.08 Å². The molecule has 1 aromatic carbocycles. The van der Waals surface area contributed by atoms with Crippen LogP contribution in [0.1, 0.15) is 5.56 Å². The Labute approximate surface area is 92.8 Å². The van der Waals surface area contributed by atoms with E-state index < -0.39 is 0 Å². The first-order valence-corrected chi connectivity index (χ1v) is 7.16. The van der Waals surface area contributed by atoms with Gasteiger partial charge in [-0.2, -0.15) is 0 Å². The maximum atomic E-state index is 10.7. The Morgan fingerprint density at radius 2 is 2.13 bits per heavy atom. The molecule has 0 bridgehead atoms. The molecule has 0 unspecified atom stereocenters. The lowest BCUT2D eigenvalue weighted by atomic mass is 10.2. The quantitative estimate of drug-likeness (QED) is 0.314. The molecule has 1 rings (SSSR count). The number of hydrogen-bond acceptors (Lipinski definition) is 2. The van der Waals surface area contributed by atoms with Crippen molar-refractivity contribution < 1.29 is 9.53 Å². The maximum absolute atomic E-state index is 10.7. The van der Waals surface area contributed by atoms with Crippen molar-refractivity contribution in [1.29, 1.82) is 0 Å². The smallest absolute Gasteiger partial charge is 0.329 e. The van der Waals surface area contributed by atoms with Crippen LogP contribution in [0.5, 0.6) is 0 Å². The number of benzene rings is 1. The van der Waals surface area contributed by atoms with Gasteiger partial charge in [-0.15, -0.1) is 0 Å². The molecule has 1 aromatic rings. The average Bonchev–Trinajstić information content (AvgIpc) is 2.29. The first-order valence-electron chi connectivity index (χ1n) is 5.16. The Bertz CT molecular complexity index is 309. The molecule has 15 heavy (non-hydrogen) atoms. The molecule has 0 saturated carbocycles. The molecule has 0 aliphatic rings. The van der Waals surface area contributed by atoms with Crippen LogP contribution in [0.2, 0.25) is 6.04 Å². The molecule has 0 heterocycles. The summed E-state index contributed by atoms with van der Waals surface area (Å²) in [5.74, 6) is -0.304. The van der Waals surface area contributed by atoms with E-state index in [2.05, 4.69) is 30.8 Å². The number of aryl methyl sites for hydroxylation is 1. The lowest BCUT2D eigenvalue weighted by molar-refractivity contribution is -0.135. The zero-order valence-electron chi connectivity index (χ0n) is 8.82. The average molecular weight is 220 g/mol. The van der Waals surface area contributed by atoms with Gasteiger partial charge in [-0.1, -0.05) is 43.0 Å². The van der Waals surface area contributed by atoms with Crippen molar-refractivity contribution in [2.45, 2.75) is 12.5 Å². The summed E-state index contributed by atoms with van der Waals surface area (Å²) in [5, 5.41) is 0. The van der Waals surface area contributed by atoms with Crippen LogP contribution in [0.4, 0.5) is 0 Å². The molecule has 0 atom stereocenters. The van der Waals surface area contributed by atoms with E-state index in [-0.39, 0.29) is 15.5 Å². The normalized spacial score (nSPS) is 10.4. The van der Waals surface area contributed by atoms with Gasteiger partial charge in [-0.25, -0.2) is 4.79 Å². The van der Waals surface area contributed by atoms with E-state index in [1.54, 1.807) is 0 Å². The SMILES string of the molecule is C=CC(=O)OC[SiH2]CCc1ccccc1. The molecule has 0 fully saturated rings. The van der Waals surface area contributed by atoms with Crippen molar-refractivity contribution in [2.75, 3.05) is 6.23 Å². The highest BCUT2D eigenvalue weighted by molar-refractivity contribution is 6.35. The Morgan fingerprint density at radius 1 is 1.40 bits per heavy atom. The van der Waals surface area contributed by atoms with Crippen molar-refractivity contribution in [1.82, 2.24) is 0 Å². The second kappa shape index (κ2) is 7.01. The van der Waals surface area contributed by atoms with E-state index in [4.69, 9.17) is 4.74 Å². The second-order valence-electron chi connectivity index (χ2n) is 3.31. The summed E-state index contributed by atoms with van der Waals surface area (Å²) < 4.78 is 4.93. The van der Waals surface area contributed by atoms with Crippen LogP contribution in [-0.4, -0.2) is 21.7 Å². The van der Waals surface area contributed by atoms with E-state index in [1.807, 2.05) is 6.07 Å². The minimum absolute atomic E-state index is 0.275. The van der Waals surface area contributed by atoms with Crippen LogP contribution in [0.15, 0.2) is 43.0 Å². The third-order valence-corrected chi connectivity index (χ3v) is 3.46. The number of carbonyl (C=O) groups is 1. The van der Waals surface area contributed by atoms with Gasteiger partial charge in [0.05, 0.1) is 15.7 Å². The van der Waals surface area contributed by atoms with Gasteiger partial charge in [0.25, 0.3) is 0 Å². The Hall–Kier alpha value is -1.35. The van der Waals surface area contributed by atoms with Crippen LogP contribution in [0.3, 0.4) is 0 Å². The summed E-state index contributed by atoms with van der Waals surface area (Å²) in [6.07, 6.45) is 2.93. The van der Waals surface area contributed by atoms with Crippen LogP contribution >= 0.6 is 0 Å². The number of ether oxygens (including phenoxy) is 1. The summed E-state index contributed by atoms with van der Waals surface area (Å²) in [5.41, 5.74) is 1.36. The van der Waals surface area contributed by atoms with Gasteiger partial charge in [0.1, 0.15) is 0 Å². The minimum Gasteiger partial charge on any atom is -0.467 e. The monoisotopic (exact) mass is 220 g/mol. The fourth-order valence-corrected chi connectivity index (χ4v) is 2.52. The summed E-state index contributed by atoms with van der Waals surface area (Å²) in [6.45, 7) is 3.35. The Balaban J connectivity index is 2.07. The number of hydrogen-bond donors (Lipinski definition) is 0. The van der Waals surface area contributed by atoms with Gasteiger partial charge in [-0.05, 0) is 12.0 Å². The molecule has 0 aliphatic carbocycles. The topological polar surface area (TPSA) is 26.3 Å². The van der Waals surface area contributed by atoms with Crippen LogP contribution in [0.25, 0.3) is 0 Å². The first-order chi connectivity index (χ1) is 7.33. The lowest BCUT2D eigenvalue weighted by Crippen LogP contribution is -2.08. The molecule has 2 nitrogen and oxygen atoms in total. The number of esters is 1. The van der Waals surface area contributed by atoms with Gasteiger partial charge in [0.2, 0.25) is 0 Å². The zero-order chi connectivity index (χ0) is 10.9. The summed E-state index contributed by atoms with van der Waals surface area (Å²) in [7, 11) is -0.275. The number of rotatable bonds is 6. The van der Waals surface area contributed by atoms with Gasteiger partial charge >= 0.3 is 5.97 Å². The third kappa shape index (κ3) is 5.17. The molecule has 3 heteroatoms. The van der Waals surface area contributed by atoms with E-state index in [0.717, 1.165) is 6.42 Å². The third-order valence-electron chi connectivity index (χ3n) is 2.11. The predicted octanol–water partition coefficient (Wildman–Crippen LogP) is 1.50. The highest BCUT2D eigenvalue weighted by Gasteiger charge is 1.96. The number of carbonyl (C=O) groups excluding carboxylic acids is 1. The van der Waals surface area contributed by atoms with Gasteiger partial charge in [-0.3, -0.25) is 0 Å². The minimum atomic E-state index is -0.304. The van der Waals surface area contributed by atoms with E-state index in [0.29, 0.717) is 6.23 Å². The van der Waals surface area contributed by atoms with Gasteiger partial charge in [0.15, 0.2) is 0 Å². The standard InChI is InChI=1S/C12H16O2Si/c1-2-12(13)14-10-15-9-8-11-6-4-3-5-7-11/h2-7H,1,8-10,15H2. The van der Waals surface area contributed by atoms with E-state index in [1.165, 1.54) is 17.7 Å². The Kier molecular flexibility index (Phi) is 5.48. The molecule has 0 saturated heterocycles. The molecular formula is C12H16O2Si. The molecule has 0 amide bonds. The summed E-state index contributed by atoms with van der Waals surface area (Å²) >= 11 is 0. The highest BCUT2D eigenvalue weighted by Crippen LogP contribution is 2.01. The largest absolute Gasteiger partial charge is 0.467 e. The van der Waals surface area contributed by atoms with Gasteiger partial charge < -0.3 is 4.74 Å². The van der Waals surface area contributed by atoms with Crippen molar-refractivity contribution >= 4 is 15.5 Å². The first kappa shape index (κ1) is 11.7. The predicted molar refractivity (Wildman–Crippen MR) is 64.7 cm³/mol. The summed E-state index contributed by atoms with van der Waals surface area (Å²) in [4.78, 5) is 10.7. The molecular weight excluding hydrogens is 204 g/mol. The van der Waals surface area contributed by atoms with Crippen LogP contribution in [0, 0.1) is 0 Å². The maximum Gasteiger partial charge on any atom is 0.329 e. The van der Waals surface area contributed by atoms with E-state index >= 15 is 0 Å². The zero-order valence-corrected chi connectivity index (χ0v) is 10.2. The second-order valence-corrected chi connectivity index (χ2v) is 5.14. The molecule has 80 valence electrons. The van der Waals surface area contributed by atoms with Crippen LogP contribution < -0.4 is 0 Å². The highest BCUT2D eigenvalue weighted by atomic mass is 28.2. The fraction of sp³-hybridized carbons (Fsp3) is 0.250. The summed E-state index contributed by atoms with van der Waals surface area (Å²) in [6, 6.07) is 11.6. The molecule has 0 aromatic heterocycles.